The molecule has 0 aliphatic rings. The fraction of sp³-hybridized carbons (Fsp3) is 0.211. The maximum absolute atomic E-state index is 12.4. The SMILES string of the molecule is Cc1ccc(C)c(NC(=O)CCn2cnc3ccccc3c2=O)c1. The highest BCUT2D eigenvalue weighted by Gasteiger charge is 2.08. The summed E-state index contributed by atoms with van der Waals surface area (Å²) in [5.41, 5.74) is 3.45. The molecule has 0 unspecified atom stereocenters. The number of carbonyl (C=O) groups excluding carboxylic acids is 1. The van der Waals surface area contributed by atoms with Crippen molar-refractivity contribution in [3.63, 3.8) is 0 Å². The second-order valence-electron chi connectivity index (χ2n) is 5.88. The first kappa shape index (κ1) is 15.9. The normalized spacial score (nSPS) is 10.8. The maximum Gasteiger partial charge on any atom is 0.261 e. The number of rotatable bonds is 4. The number of carbonyl (C=O) groups is 1. The number of nitrogens with one attached hydrogen (secondary N) is 1. The van der Waals surface area contributed by atoms with Crippen molar-refractivity contribution in [1.29, 1.82) is 0 Å². The fourth-order valence-corrected chi connectivity index (χ4v) is 2.57. The second-order valence-corrected chi connectivity index (χ2v) is 5.88. The van der Waals surface area contributed by atoms with Crippen LogP contribution in [0.1, 0.15) is 17.5 Å². The third-order valence-electron chi connectivity index (χ3n) is 3.98. The number of anilines is 1. The molecule has 3 rings (SSSR count). The second kappa shape index (κ2) is 6.66. The minimum absolute atomic E-state index is 0.122. The maximum atomic E-state index is 12.4. The van der Waals surface area contributed by atoms with Crippen LogP contribution >= 0.6 is 0 Å². The molecule has 1 N–H and O–H groups in total. The number of aromatic nitrogens is 2. The van der Waals surface area contributed by atoms with Crippen molar-refractivity contribution < 1.29 is 4.79 Å². The molecule has 0 bridgehead atoms. The Morgan fingerprint density at radius 2 is 1.96 bits per heavy atom. The van der Waals surface area contributed by atoms with Gasteiger partial charge in [0.15, 0.2) is 0 Å². The standard InChI is InChI=1S/C19H19N3O2/c1-13-7-8-14(2)17(11-13)21-18(23)9-10-22-12-20-16-6-4-3-5-15(16)19(22)24/h3-8,11-12H,9-10H2,1-2H3,(H,21,23). The van der Waals surface area contributed by atoms with Crippen molar-refractivity contribution in [2.24, 2.45) is 0 Å². The molecule has 0 aliphatic carbocycles. The summed E-state index contributed by atoms with van der Waals surface area (Å²) in [7, 11) is 0. The first-order valence-corrected chi connectivity index (χ1v) is 7.86. The lowest BCUT2D eigenvalue weighted by Crippen LogP contribution is -2.23. The lowest BCUT2D eigenvalue weighted by Gasteiger charge is -2.10. The van der Waals surface area contributed by atoms with Gasteiger partial charge < -0.3 is 5.32 Å². The lowest BCUT2D eigenvalue weighted by atomic mass is 10.1. The van der Waals surface area contributed by atoms with Crippen molar-refractivity contribution >= 4 is 22.5 Å². The smallest absolute Gasteiger partial charge is 0.261 e. The van der Waals surface area contributed by atoms with Crippen molar-refractivity contribution in [3.05, 3.63) is 70.3 Å². The molecule has 5 heteroatoms. The molecule has 0 radical (unpaired) electrons. The van der Waals surface area contributed by atoms with Crippen molar-refractivity contribution in [2.45, 2.75) is 26.8 Å². The average molecular weight is 321 g/mol. The van der Waals surface area contributed by atoms with Crippen LogP contribution < -0.4 is 10.9 Å². The molecule has 24 heavy (non-hydrogen) atoms. The quantitative estimate of drug-likeness (QED) is 0.803. The Balaban J connectivity index is 1.71. The molecule has 2 aromatic carbocycles. The minimum atomic E-state index is -0.125. The number of hydrogen-bond acceptors (Lipinski definition) is 3. The number of para-hydroxylation sites is 1. The van der Waals surface area contributed by atoms with Crippen LogP contribution in [0.5, 0.6) is 0 Å². The molecule has 0 fully saturated rings. The first-order valence-electron chi connectivity index (χ1n) is 7.86. The summed E-state index contributed by atoms with van der Waals surface area (Å²) in [4.78, 5) is 28.8. The molecule has 0 saturated heterocycles. The van der Waals surface area contributed by atoms with Gasteiger partial charge in [0.1, 0.15) is 0 Å². The van der Waals surface area contributed by atoms with Gasteiger partial charge in [-0.2, -0.15) is 0 Å². The highest BCUT2D eigenvalue weighted by atomic mass is 16.1. The Hall–Kier alpha value is -2.95. The molecule has 0 aliphatic heterocycles. The number of amides is 1. The largest absolute Gasteiger partial charge is 0.326 e. The molecule has 3 aromatic rings. The minimum Gasteiger partial charge on any atom is -0.326 e. The molecule has 1 heterocycles. The van der Waals surface area contributed by atoms with Crippen molar-refractivity contribution in [3.8, 4) is 0 Å². The molecule has 0 atom stereocenters. The molecular weight excluding hydrogens is 302 g/mol. The molecular formula is C19H19N3O2. The van der Waals surface area contributed by atoms with Crippen LogP contribution in [0, 0.1) is 13.8 Å². The Morgan fingerprint density at radius 1 is 1.17 bits per heavy atom. The predicted molar refractivity (Wildman–Crippen MR) is 95.2 cm³/mol. The van der Waals surface area contributed by atoms with Gasteiger partial charge in [-0.3, -0.25) is 14.2 Å². The van der Waals surface area contributed by atoms with E-state index in [4.69, 9.17) is 0 Å². The first-order chi connectivity index (χ1) is 11.5. The summed E-state index contributed by atoms with van der Waals surface area (Å²) < 4.78 is 1.48. The molecule has 5 nitrogen and oxygen atoms in total. The van der Waals surface area contributed by atoms with Gasteiger partial charge in [0, 0.05) is 18.7 Å². The fourth-order valence-electron chi connectivity index (χ4n) is 2.57. The van der Waals surface area contributed by atoms with Gasteiger partial charge in [-0.15, -0.1) is 0 Å². The van der Waals surface area contributed by atoms with Crippen LogP contribution in [0.3, 0.4) is 0 Å². The van der Waals surface area contributed by atoms with Gasteiger partial charge >= 0.3 is 0 Å². The molecule has 0 saturated carbocycles. The van der Waals surface area contributed by atoms with E-state index in [2.05, 4.69) is 10.3 Å². The zero-order valence-electron chi connectivity index (χ0n) is 13.7. The highest BCUT2D eigenvalue weighted by Crippen LogP contribution is 2.16. The van der Waals surface area contributed by atoms with Crippen LogP contribution in [-0.4, -0.2) is 15.5 Å². The van der Waals surface area contributed by atoms with Crippen molar-refractivity contribution in [1.82, 2.24) is 9.55 Å². The van der Waals surface area contributed by atoms with E-state index in [0.29, 0.717) is 17.4 Å². The average Bonchev–Trinajstić information content (AvgIpc) is 2.58. The number of fused-ring (bicyclic) bond motifs is 1. The topological polar surface area (TPSA) is 64.0 Å². The van der Waals surface area contributed by atoms with E-state index in [1.54, 1.807) is 12.1 Å². The van der Waals surface area contributed by atoms with Gasteiger partial charge in [-0.25, -0.2) is 4.98 Å². The molecule has 1 amide bonds. The Bertz CT molecular complexity index is 960. The number of aryl methyl sites for hydroxylation is 3. The summed E-state index contributed by atoms with van der Waals surface area (Å²) >= 11 is 0. The summed E-state index contributed by atoms with van der Waals surface area (Å²) in [5, 5.41) is 3.47. The third-order valence-corrected chi connectivity index (χ3v) is 3.98. The van der Waals surface area contributed by atoms with Crippen LogP contribution in [0.4, 0.5) is 5.69 Å². The van der Waals surface area contributed by atoms with Crippen LogP contribution in [0.25, 0.3) is 10.9 Å². The van der Waals surface area contributed by atoms with E-state index in [1.807, 2.05) is 44.2 Å². The predicted octanol–water partition coefficient (Wildman–Crippen LogP) is 3.04. The Kier molecular flexibility index (Phi) is 4.42. The molecule has 122 valence electrons. The monoisotopic (exact) mass is 321 g/mol. The van der Waals surface area contributed by atoms with E-state index in [9.17, 15) is 9.59 Å². The summed E-state index contributed by atoms with van der Waals surface area (Å²) in [6.45, 7) is 4.23. The van der Waals surface area contributed by atoms with Crippen LogP contribution in [-0.2, 0) is 11.3 Å². The van der Waals surface area contributed by atoms with E-state index in [-0.39, 0.29) is 17.9 Å². The summed E-state index contributed by atoms with van der Waals surface area (Å²) in [6.07, 6.45) is 1.71. The van der Waals surface area contributed by atoms with Crippen LogP contribution in [0.2, 0.25) is 0 Å². The zero-order valence-corrected chi connectivity index (χ0v) is 13.7. The summed E-state index contributed by atoms with van der Waals surface area (Å²) in [5.74, 6) is -0.122. The van der Waals surface area contributed by atoms with Gasteiger partial charge in [0.25, 0.3) is 5.56 Å². The van der Waals surface area contributed by atoms with E-state index < -0.39 is 0 Å². The van der Waals surface area contributed by atoms with E-state index in [0.717, 1.165) is 16.8 Å². The van der Waals surface area contributed by atoms with Crippen molar-refractivity contribution in [2.75, 3.05) is 5.32 Å². The van der Waals surface area contributed by atoms with Crippen LogP contribution in [0.15, 0.2) is 53.6 Å². The summed E-state index contributed by atoms with van der Waals surface area (Å²) in [6, 6.07) is 13.1. The van der Waals surface area contributed by atoms with Gasteiger partial charge in [-0.05, 0) is 43.2 Å². The lowest BCUT2D eigenvalue weighted by molar-refractivity contribution is -0.116. The van der Waals surface area contributed by atoms with Gasteiger partial charge in [0.05, 0.1) is 17.2 Å². The number of hydrogen-bond donors (Lipinski definition) is 1. The number of nitrogens with zero attached hydrogens (tertiary/aromatic N) is 2. The highest BCUT2D eigenvalue weighted by molar-refractivity contribution is 5.91. The Labute approximate surface area is 140 Å². The zero-order chi connectivity index (χ0) is 17.1. The molecule has 0 spiro atoms. The van der Waals surface area contributed by atoms with Gasteiger partial charge in [0.2, 0.25) is 5.91 Å². The van der Waals surface area contributed by atoms with E-state index in [1.165, 1.54) is 10.9 Å². The van der Waals surface area contributed by atoms with E-state index >= 15 is 0 Å². The Morgan fingerprint density at radius 3 is 2.79 bits per heavy atom. The number of benzene rings is 2. The third kappa shape index (κ3) is 3.35. The van der Waals surface area contributed by atoms with Gasteiger partial charge in [-0.1, -0.05) is 24.3 Å². The molecule has 1 aromatic heterocycles.